The predicted molar refractivity (Wildman–Crippen MR) is 107 cm³/mol. The lowest BCUT2D eigenvalue weighted by atomic mass is 9.79. The zero-order valence-corrected chi connectivity index (χ0v) is 17.1. The molecule has 2 aliphatic heterocycles. The van der Waals surface area contributed by atoms with Gasteiger partial charge in [0, 0.05) is 43.0 Å². The second-order valence-corrected chi connectivity index (χ2v) is 8.48. The summed E-state index contributed by atoms with van der Waals surface area (Å²) in [5.74, 6) is 1.05. The Labute approximate surface area is 179 Å². The minimum atomic E-state index is -4.52. The Bertz CT molecular complexity index is 1150. The fraction of sp³-hybridized carbons (Fsp3) is 0.500. The fourth-order valence-electron chi connectivity index (χ4n) is 4.56. The van der Waals surface area contributed by atoms with Crippen LogP contribution in [0.25, 0.3) is 11.0 Å². The SMILES string of the molecule is Cc1nc(N2CC3(CCN(c4ccc5cnn(CC(F)F)c5n4)C3)C2)cc(C(F)(F)F)n1. The lowest BCUT2D eigenvalue weighted by Gasteiger charge is -2.48. The van der Waals surface area contributed by atoms with Crippen LogP contribution >= 0.6 is 0 Å². The van der Waals surface area contributed by atoms with E-state index >= 15 is 0 Å². The number of halogens is 5. The molecule has 2 fully saturated rings. The first-order valence-electron chi connectivity index (χ1n) is 10.2. The summed E-state index contributed by atoms with van der Waals surface area (Å²) in [6.07, 6.45) is -4.67. The van der Waals surface area contributed by atoms with Crippen molar-refractivity contribution in [2.24, 2.45) is 5.41 Å². The first-order chi connectivity index (χ1) is 15.1. The zero-order chi connectivity index (χ0) is 22.7. The number of pyridine rings is 1. The molecule has 32 heavy (non-hydrogen) atoms. The summed E-state index contributed by atoms with van der Waals surface area (Å²) in [6.45, 7) is 3.52. The van der Waals surface area contributed by atoms with Crippen LogP contribution in [0.2, 0.25) is 0 Å². The lowest BCUT2D eigenvalue weighted by Crippen LogP contribution is -2.58. The zero-order valence-electron chi connectivity index (χ0n) is 17.1. The average Bonchev–Trinajstić information content (AvgIpc) is 3.30. The Morgan fingerprint density at radius 2 is 1.78 bits per heavy atom. The van der Waals surface area contributed by atoms with Crippen molar-refractivity contribution in [3.8, 4) is 0 Å². The Morgan fingerprint density at radius 1 is 1.03 bits per heavy atom. The smallest absolute Gasteiger partial charge is 0.356 e. The minimum Gasteiger partial charge on any atom is -0.356 e. The summed E-state index contributed by atoms with van der Waals surface area (Å²) in [5, 5.41) is 4.68. The van der Waals surface area contributed by atoms with E-state index in [0.29, 0.717) is 36.5 Å². The van der Waals surface area contributed by atoms with Crippen LogP contribution in [0.1, 0.15) is 17.9 Å². The van der Waals surface area contributed by atoms with Crippen LogP contribution in [0.15, 0.2) is 24.4 Å². The molecule has 170 valence electrons. The van der Waals surface area contributed by atoms with E-state index in [1.54, 1.807) is 0 Å². The first-order valence-corrected chi connectivity index (χ1v) is 10.2. The van der Waals surface area contributed by atoms with Gasteiger partial charge in [0.05, 0.1) is 6.20 Å². The lowest BCUT2D eigenvalue weighted by molar-refractivity contribution is -0.141. The van der Waals surface area contributed by atoms with Gasteiger partial charge in [0.2, 0.25) is 0 Å². The molecule has 0 radical (unpaired) electrons. The van der Waals surface area contributed by atoms with E-state index in [1.165, 1.54) is 17.8 Å². The minimum absolute atomic E-state index is 0.0723. The van der Waals surface area contributed by atoms with Crippen molar-refractivity contribution in [1.82, 2.24) is 24.7 Å². The van der Waals surface area contributed by atoms with Crippen LogP contribution in [0, 0.1) is 12.3 Å². The average molecular weight is 453 g/mol. The van der Waals surface area contributed by atoms with Crippen LogP contribution in [0.5, 0.6) is 0 Å². The summed E-state index contributed by atoms with van der Waals surface area (Å²) >= 11 is 0. The van der Waals surface area contributed by atoms with Crippen molar-refractivity contribution in [2.75, 3.05) is 36.0 Å². The van der Waals surface area contributed by atoms with Crippen LogP contribution in [-0.4, -0.2) is 57.3 Å². The van der Waals surface area contributed by atoms with Crippen molar-refractivity contribution in [2.45, 2.75) is 32.5 Å². The molecule has 0 amide bonds. The second-order valence-electron chi connectivity index (χ2n) is 8.48. The second kappa shape index (κ2) is 7.24. The third-order valence-corrected chi connectivity index (χ3v) is 6.04. The van der Waals surface area contributed by atoms with Gasteiger partial charge in [-0.15, -0.1) is 0 Å². The molecule has 1 spiro atoms. The first kappa shape index (κ1) is 20.8. The van der Waals surface area contributed by atoms with Crippen LogP contribution in [-0.2, 0) is 12.7 Å². The number of aryl methyl sites for hydroxylation is 1. The topological polar surface area (TPSA) is 63.0 Å². The van der Waals surface area contributed by atoms with Crippen molar-refractivity contribution < 1.29 is 22.0 Å². The van der Waals surface area contributed by atoms with Gasteiger partial charge in [0.25, 0.3) is 6.43 Å². The molecule has 0 atom stereocenters. The number of fused-ring (bicyclic) bond motifs is 1. The molecule has 5 heterocycles. The van der Waals surface area contributed by atoms with E-state index < -0.39 is 24.8 Å². The molecule has 0 saturated carbocycles. The number of anilines is 2. The summed E-state index contributed by atoms with van der Waals surface area (Å²) in [6, 6.07) is 4.65. The Hall–Kier alpha value is -3.05. The maximum Gasteiger partial charge on any atom is 0.433 e. The van der Waals surface area contributed by atoms with Gasteiger partial charge >= 0.3 is 6.18 Å². The van der Waals surface area contributed by atoms with E-state index in [9.17, 15) is 22.0 Å². The van der Waals surface area contributed by atoms with Crippen molar-refractivity contribution in [1.29, 1.82) is 0 Å². The molecule has 0 N–H and O–H groups in total. The van der Waals surface area contributed by atoms with Gasteiger partial charge in [0.15, 0.2) is 5.65 Å². The molecule has 7 nitrogen and oxygen atoms in total. The van der Waals surface area contributed by atoms with Crippen LogP contribution in [0.4, 0.5) is 33.6 Å². The maximum atomic E-state index is 13.1. The summed E-state index contributed by atoms with van der Waals surface area (Å²) in [5.41, 5.74) is -0.598. The van der Waals surface area contributed by atoms with Crippen molar-refractivity contribution in [3.05, 3.63) is 35.9 Å². The molecule has 0 bridgehead atoms. The highest BCUT2D eigenvalue weighted by atomic mass is 19.4. The molecule has 2 saturated heterocycles. The van der Waals surface area contributed by atoms with Gasteiger partial charge in [-0.25, -0.2) is 28.4 Å². The van der Waals surface area contributed by atoms with Crippen molar-refractivity contribution >= 4 is 22.7 Å². The molecule has 2 aliphatic rings. The predicted octanol–water partition coefficient (Wildman–Crippen LogP) is 3.53. The third-order valence-electron chi connectivity index (χ3n) is 6.04. The highest BCUT2D eigenvalue weighted by molar-refractivity contribution is 5.76. The third kappa shape index (κ3) is 3.71. The van der Waals surface area contributed by atoms with Crippen LogP contribution < -0.4 is 9.80 Å². The molecule has 3 aromatic heterocycles. The number of aromatic nitrogens is 5. The van der Waals surface area contributed by atoms with Gasteiger partial charge < -0.3 is 9.80 Å². The molecular weight excluding hydrogens is 433 g/mol. The maximum absolute atomic E-state index is 13.1. The quantitative estimate of drug-likeness (QED) is 0.564. The van der Waals surface area contributed by atoms with E-state index in [1.807, 2.05) is 17.0 Å². The van der Waals surface area contributed by atoms with E-state index in [0.717, 1.165) is 19.0 Å². The van der Waals surface area contributed by atoms with Gasteiger partial charge in [-0.2, -0.15) is 18.3 Å². The fourth-order valence-corrected chi connectivity index (χ4v) is 4.56. The highest BCUT2D eigenvalue weighted by Crippen LogP contribution is 2.43. The summed E-state index contributed by atoms with van der Waals surface area (Å²) in [4.78, 5) is 16.2. The van der Waals surface area contributed by atoms with Gasteiger partial charge in [0.1, 0.15) is 29.7 Å². The standard InChI is InChI=1S/C20H20F5N7/c1-12-27-14(20(23,24)25)6-17(28-12)31-10-19(11-31)4-5-30(9-19)16-3-2-13-7-26-32(8-15(21)22)18(13)29-16/h2-3,6-7,15H,4-5,8-11H2,1H3. The molecule has 12 heteroatoms. The number of alkyl halides is 5. The Balaban J connectivity index is 1.30. The van der Waals surface area contributed by atoms with E-state index in [-0.39, 0.29) is 17.1 Å². The van der Waals surface area contributed by atoms with Crippen LogP contribution in [0.3, 0.4) is 0 Å². The van der Waals surface area contributed by atoms with Crippen molar-refractivity contribution in [3.63, 3.8) is 0 Å². The highest BCUT2D eigenvalue weighted by Gasteiger charge is 2.49. The molecule has 0 aliphatic carbocycles. The van der Waals surface area contributed by atoms with Gasteiger partial charge in [-0.05, 0) is 25.5 Å². The number of nitrogens with zero attached hydrogens (tertiary/aromatic N) is 7. The summed E-state index contributed by atoms with van der Waals surface area (Å²) < 4.78 is 66.0. The van der Waals surface area contributed by atoms with E-state index in [4.69, 9.17) is 0 Å². The number of hydrogen-bond acceptors (Lipinski definition) is 6. The Kier molecular flexibility index (Phi) is 4.71. The largest absolute Gasteiger partial charge is 0.433 e. The Morgan fingerprint density at radius 3 is 2.50 bits per heavy atom. The molecule has 0 aromatic carbocycles. The summed E-state index contributed by atoms with van der Waals surface area (Å²) in [7, 11) is 0. The molecular formula is C20H20F5N7. The molecule has 5 rings (SSSR count). The number of rotatable bonds is 4. The van der Waals surface area contributed by atoms with Gasteiger partial charge in [-0.3, -0.25) is 0 Å². The molecule has 0 unspecified atom stereocenters. The van der Waals surface area contributed by atoms with Gasteiger partial charge in [-0.1, -0.05) is 0 Å². The molecule has 3 aromatic rings. The van der Waals surface area contributed by atoms with E-state index in [2.05, 4.69) is 25.0 Å². The normalized spacial score (nSPS) is 18.2. The monoisotopic (exact) mass is 453 g/mol. The number of hydrogen-bond donors (Lipinski definition) is 0.